The van der Waals surface area contributed by atoms with Crippen LogP contribution in [0.25, 0.3) is 0 Å². The van der Waals surface area contributed by atoms with E-state index in [0.717, 1.165) is 22.5 Å². The van der Waals surface area contributed by atoms with E-state index in [-0.39, 0.29) is 6.04 Å². The van der Waals surface area contributed by atoms with Crippen molar-refractivity contribution < 1.29 is 0 Å². The number of benzene rings is 2. The molecule has 0 aliphatic rings. The van der Waals surface area contributed by atoms with Gasteiger partial charge in [0, 0.05) is 4.47 Å². The lowest BCUT2D eigenvalue weighted by Crippen LogP contribution is -2.22. The first kappa shape index (κ1) is 15.6. The van der Waals surface area contributed by atoms with Crippen LogP contribution in [0, 0.1) is 0 Å². The molecule has 1 nitrogen and oxygen atoms in total. The van der Waals surface area contributed by atoms with Gasteiger partial charge in [-0.1, -0.05) is 55.8 Å². The molecule has 0 saturated heterocycles. The Morgan fingerprint density at radius 3 is 2.25 bits per heavy atom. The molecule has 1 unspecified atom stereocenters. The third-order valence-corrected chi connectivity index (χ3v) is 4.62. The molecule has 20 heavy (non-hydrogen) atoms. The highest BCUT2D eigenvalue weighted by atomic mass is 79.9. The van der Waals surface area contributed by atoms with Gasteiger partial charge in [0.05, 0.1) is 11.1 Å². The first-order chi connectivity index (χ1) is 9.65. The summed E-state index contributed by atoms with van der Waals surface area (Å²) in [4.78, 5) is 0. The van der Waals surface area contributed by atoms with Crippen molar-refractivity contribution in [1.82, 2.24) is 5.32 Å². The van der Waals surface area contributed by atoms with Gasteiger partial charge in [-0.2, -0.15) is 0 Å². The second kappa shape index (κ2) is 7.26. The van der Waals surface area contributed by atoms with Crippen LogP contribution in [0.5, 0.6) is 0 Å². The predicted molar refractivity (Wildman–Crippen MR) is 90.5 cm³/mol. The zero-order valence-electron chi connectivity index (χ0n) is 11.8. The SMILES string of the molecule is CCNC(c1ccc(CC)cc1)c1ccc(Cl)c(Br)c1. The van der Waals surface area contributed by atoms with E-state index < -0.39 is 0 Å². The molecule has 0 aromatic heterocycles. The molecule has 3 heteroatoms. The van der Waals surface area contributed by atoms with E-state index in [0.29, 0.717) is 0 Å². The molecule has 2 aromatic rings. The third-order valence-electron chi connectivity index (χ3n) is 3.41. The summed E-state index contributed by atoms with van der Waals surface area (Å²) < 4.78 is 0.935. The van der Waals surface area contributed by atoms with Gasteiger partial charge in [-0.25, -0.2) is 0 Å². The number of nitrogens with one attached hydrogen (secondary N) is 1. The van der Waals surface area contributed by atoms with Crippen LogP contribution in [0.2, 0.25) is 5.02 Å². The monoisotopic (exact) mass is 351 g/mol. The summed E-state index contributed by atoms with van der Waals surface area (Å²) in [5, 5.41) is 4.28. The highest BCUT2D eigenvalue weighted by Crippen LogP contribution is 2.29. The van der Waals surface area contributed by atoms with Crippen LogP contribution in [0.15, 0.2) is 46.9 Å². The van der Waals surface area contributed by atoms with Crippen LogP contribution in [0.4, 0.5) is 0 Å². The molecule has 1 atom stereocenters. The fourth-order valence-corrected chi connectivity index (χ4v) is 2.78. The van der Waals surface area contributed by atoms with Crippen molar-refractivity contribution in [3.63, 3.8) is 0 Å². The van der Waals surface area contributed by atoms with Crippen LogP contribution in [-0.4, -0.2) is 6.54 Å². The van der Waals surface area contributed by atoms with Gasteiger partial charge in [-0.15, -0.1) is 0 Å². The predicted octanol–water partition coefficient (Wildman–Crippen LogP) is 5.36. The lowest BCUT2D eigenvalue weighted by atomic mass is 9.97. The number of aryl methyl sites for hydroxylation is 1. The Kier molecular flexibility index (Phi) is 5.64. The molecule has 0 saturated carbocycles. The van der Waals surface area contributed by atoms with Crippen molar-refractivity contribution in [2.45, 2.75) is 26.3 Å². The average molecular weight is 353 g/mol. The van der Waals surface area contributed by atoms with E-state index in [4.69, 9.17) is 11.6 Å². The average Bonchev–Trinajstić information content (AvgIpc) is 2.48. The van der Waals surface area contributed by atoms with E-state index in [1.54, 1.807) is 0 Å². The molecule has 106 valence electrons. The fraction of sp³-hybridized carbons (Fsp3) is 0.294. The van der Waals surface area contributed by atoms with E-state index in [2.05, 4.69) is 71.5 Å². The molecule has 0 bridgehead atoms. The van der Waals surface area contributed by atoms with Crippen LogP contribution in [0.1, 0.15) is 36.6 Å². The highest BCUT2D eigenvalue weighted by Gasteiger charge is 2.14. The molecule has 0 aliphatic heterocycles. The van der Waals surface area contributed by atoms with Crippen LogP contribution in [0.3, 0.4) is 0 Å². The van der Waals surface area contributed by atoms with Gasteiger partial charge in [0.25, 0.3) is 0 Å². The summed E-state index contributed by atoms with van der Waals surface area (Å²) in [7, 11) is 0. The normalized spacial score (nSPS) is 12.4. The Balaban J connectivity index is 2.35. The van der Waals surface area contributed by atoms with Crippen molar-refractivity contribution >= 4 is 27.5 Å². The van der Waals surface area contributed by atoms with E-state index in [9.17, 15) is 0 Å². The minimum absolute atomic E-state index is 0.194. The van der Waals surface area contributed by atoms with Crippen molar-refractivity contribution in [2.24, 2.45) is 0 Å². The second-order valence-electron chi connectivity index (χ2n) is 4.76. The van der Waals surface area contributed by atoms with E-state index in [1.165, 1.54) is 16.7 Å². The van der Waals surface area contributed by atoms with Crippen molar-refractivity contribution in [3.8, 4) is 0 Å². The molecule has 0 heterocycles. The molecule has 0 spiro atoms. The molecule has 0 aliphatic carbocycles. The molecule has 2 rings (SSSR count). The summed E-state index contributed by atoms with van der Waals surface area (Å²) in [5.74, 6) is 0. The first-order valence-electron chi connectivity index (χ1n) is 6.92. The topological polar surface area (TPSA) is 12.0 Å². The summed E-state index contributed by atoms with van der Waals surface area (Å²) in [5.41, 5.74) is 3.85. The molecular formula is C17H19BrClN. The van der Waals surface area contributed by atoms with Gasteiger partial charge < -0.3 is 5.32 Å². The standard InChI is InChI=1S/C17H19BrClN/c1-3-12-5-7-13(8-6-12)17(20-4-2)14-9-10-16(19)15(18)11-14/h5-11,17,20H,3-4H2,1-2H3. The molecule has 2 aromatic carbocycles. The zero-order chi connectivity index (χ0) is 14.5. The second-order valence-corrected chi connectivity index (χ2v) is 6.02. The van der Waals surface area contributed by atoms with Crippen molar-refractivity contribution in [2.75, 3.05) is 6.54 Å². The summed E-state index contributed by atoms with van der Waals surface area (Å²) in [6.45, 7) is 5.21. The maximum Gasteiger partial charge on any atom is 0.0577 e. The van der Waals surface area contributed by atoms with Crippen molar-refractivity contribution in [3.05, 3.63) is 68.7 Å². The largest absolute Gasteiger partial charge is 0.307 e. The Labute approximate surface area is 134 Å². The Hall–Kier alpha value is -0.830. The molecule has 0 fully saturated rings. The quantitative estimate of drug-likeness (QED) is 0.763. The van der Waals surface area contributed by atoms with Gasteiger partial charge in [0.15, 0.2) is 0 Å². The molecular weight excluding hydrogens is 334 g/mol. The highest BCUT2D eigenvalue weighted by molar-refractivity contribution is 9.10. The van der Waals surface area contributed by atoms with Gasteiger partial charge in [-0.3, -0.25) is 0 Å². The lowest BCUT2D eigenvalue weighted by molar-refractivity contribution is 0.630. The first-order valence-corrected chi connectivity index (χ1v) is 8.10. The maximum absolute atomic E-state index is 6.08. The Bertz CT molecular complexity index is 566. The summed E-state index contributed by atoms with van der Waals surface area (Å²) >= 11 is 9.58. The third kappa shape index (κ3) is 3.63. The van der Waals surface area contributed by atoms with Crippen LogP contribution in [-0.2, 0) is 6.42 Å². The number of hydrogen-bond donors (Lipinski definition) is 1. The van der Waals surface area contributed by atoms with Gasteiger partial charge in [0.2, 0.25) is 0 Å². The lowest BCUT2D eigenvalue weighted by Gasteiger charge is -2.20. The number of hydrogen-bond acceptors (Lipinski definition) is 1. The van der Waals surface area contributed by atoms with Crippen molar-refractivity contribution in [1.29, 1.82) is 0 Å². The minimum Gasteiger partial charge on any atom is -0.307 e. The smallest absolute Gasteiger partial charge is 0.0577 e. The zero-order valence-corrected chi connectivity index (χ0v) is 14.1. The van der Waals surface area contributed by atoms with Crippen LogP contribution < -0.4 is 5.32 Å². The Morgan fingerprint density at radius 2 is 1.70 bits per heavy atom. The minimum atomic E-state index is 0.194. The molecule has 0 amide bonds. The molecule has 1 N–H and O–H groups in total. The van der Waals surface area contributed by atoms with Crippen LogP contribution >= 0.6 is 27.5 Å². The van der Waals surface area contributed by atoms with E-state index >= 15 is 0 Å². The number of rotatable bonds is 5. The van der Waals surface area contributed by atoms with Gasteiger partial charge in [-0.05, 0) is 57.7 Å². The number of halogens is 2. The summed E-state index contributed by atoms with van der Waals surface area (Å²) in [6.07, 6.45) is 1.07. The summed E-state index contributed by atoms with van der Waals surface area (Å²) in [6, 6.07) is 15.1. The molecule has 0 radical (unpaired) electrons. The van der Waals surface area contributed by atoms with E-state index in [1.807, 2.05) is 6.07 Å². The van der Waals surface area contributed by atoms with Gasteiger partial charge >= 0.3 is 0 Å². The van der Waals surface area contributed by atoms with Gasteiger partial charge in [0.1, 0.15) is 0 Å². The Morgan fingerprint density at radius 1 is 1.05 bits per heavy atom. The fourth-order valence-electron chi connectivity index (χ4n) is 2.27. The maximum atomic E-state index is 6.08.